The van der Waals surface area contributed by atoms with E-state index in [4.69, 9.17) is 11.6 Å². The van der Waals surface area contributed by atoms with Crippen molar-refractivity contribution in [2.24, 2.45) is 0 Å². The molecule has 0 aliphatic heterocycles. The largest absolute Gasteiger partial charge is 0.344 e. The van der Waals surface area contributed by atoms with Crippen molar-refractivity contribution in [1.29, 1.82) is 0 Å². The lowest BCUT2D eigenvalue weighted by molar-refractivity contribution is -0.136. The molecule has 0 aromatic heterocycles. The van der Waals surface area contributed by atoms with Gasteiger partial charge in [0.25, 0.3) is 0 Å². The molecule has 0 fully saturated rings. The van der Waals surface area contributed by atoms with Gasteiger partial charge in [0.15, 0.2) is 0 Å². The van der Waals surface area contributed by atoms with Crippen LogP contribution < -0.4 is 10.6 Å². The van der Waals surface area contributed by atoms with Crippen molar-refractivity contribution in [3.63, 3.8) is 0 Å². The van der Waals surface area contributed by atoms with E-state index in [-0.39, 0.29) is 6.54 Å². The van der Waals surface area contributed by atoms with Crippen LogP contribution >= 0.6 is 11.6 Å². The maximum Gasteiger partial charge on any atom is 0.313 e. The molecule has 0 saturated heterocycles. The third kappa shape index (κ3) is 4.05. The maximum atomic E-state index is 13.4. The molecule has 0 unspecified atom stereocenters. The van der Waals surface area contributed by atoms with E-state index < -0.39 is 17.6 Å². The minimum Gasteiger partial charge on any atom is -0.344 e. The third-order valence-electron chi connectivity index (χ3n) is 3.04. The molecular weight excluding hydrogens is 307 g/mol. The summed E-state index contributed by atoms with van der Waals surface area (Å²) in [6, 6.07) is 10.9. The highest BCUT2D eigenvalue weighted by atomic mass is 35.5. The van der Waals surface area contributed by atoms with Crippen LogP contribution in [0.25, 0.3) is 0 Å². The van der Waals surface area contributed by atoms with Crippen molar-refractivity contribution in [2.45, 2.75) is 13.5 Å². The number of nitrogens with one attached hydrogen (secondary N) is 2. The normalized spacial score (nSPS) is 10.1. The molecular formula is C16H14ClFN2O2. The number of rotatable bonds is 3. The van der Waals surface area contributed by atoms with Crippen molar-refractivity contribution in [2.75, 3.05) is 5.32 Å². The Morgan fingerprint density at radius 2 is 1.86 bits per heavy atom. The van der Waals surface area contributed by atoms with E-state index in [1.54, 1.807) is 37.3 Å². The number of halogens is 2. The lowest BCUT2D eigenvalue weighted by atomic mass is 10.2. The fourth-order valence-corrected chi connectivity index (χ4v) is 2.07. The monoisotopic (exact) mass is 320 g/mol. The first-order valence-corrected chi connectivity index (χ1v) is 6.94. The molecule has 6 heteroatoms. The summed E-state index contributed by atoms with van der Waals surface area (Å²) in [7, 11) is 0. The van der Waals surface area contributed by atoms with Crippen LogP contribution in [-0.4, -0.2) is 11.8 Å². The van der Waals surface area contributed by atoms with Gasteiger partial charge < -0.3 is 10.6 Å². The Kier molecular flexibility index (Phi) is 5.12. The van der Waals surface area contributed by atoms with E-state index in [2.05, 4.69) is 10.6 Å². The Hall–Kier alpha value is -2.40. The van der Waals surface area contributed by atoms with Crippen molar-refractivity contribution >= 4 is 29.1 Å². The molecule has 0 aliphatic carbocycles. The van der Waals surface area contributed by atoms with Gasteiger partial charge in [0.2, 0.25) is 0 Å². The lowest BCUT2D eigenvalue weighted by Gasteiger charge is -2.09. The lowest BCUT2D eigenvalue weighted by Crippen LogP contribution is -2.35. The second-order valence-corrected chi connectivity index (χ2v) is 5.12. The van der Waals surface area contributed by atoms with Gasteiger partial charge in [-0.15, -0.1) is 0 Å². The molecule has 2 aromatic carbocycles. The Morgan fingerprint density at radius 1 is 1.14 bits per heavy atom. The standard InChI is InChI=1S/C16H14ClFN2O2/c1-10-8-12(17)6-7-14(10)20-16(22)15(21)19-9-11-4-2-3-5-13(11)18/h2-8H,9H2,1H3,(H,19,21)(H,20,22). The fraction of sp³-hybridized carbons (Fsp3) is 0.125. The summed E-state index contributed by atoms with van der Waals surface area (Å²) in [5.41, 5.74) is 1.55. The van der Waals surface area contributed by atoms with Crippen LogP contribution in [0.5, 0.6) is 0 Å². The van der Waals surface area contributed by atoms with Gasteiger partial charge in [0.05, 0.1) is 0 Å². The first kappa shape index (κ1) is 16.0. The molecule has 2 aromatic rings. The Morgan fingerprint density at radius 3 is 2.55 bits per heavy atom. The molecule has 2 rings (SSSR count). The van der Waals surface area contributed by atoms with Crippen LogP contribution in [0.2, 0.25) is 5.02 Å². The summed E-state index contributed by atoms with van der Waals surface area (Å²) in [4.78, 5) is 23.5. The summed E-state index contributed by atoms with van der Waals surface area (Å²) in [6.07, 6.45) is 0. The number of amides is 2. The number of hydrogen-bond donors (Lipinski definition) is 2. The van der Waals surface area contributed by atoms with Crippen molar-refractivity contribution < 1.29 is 14.0 Å². The van der Waals surface area contributed by atoms with Gasteiger partial charge in [0, 0.05) is 22.8 Å². The van der Waals surface area contributed by atoms with Gasteiger partial charge in [-0.1, -0.05) is 29.8 Å². The van der Waals surface area contributed by atoms with E-state index in [1.807, 2.05) is 0 Å². The zero-order valence-electron chi connectivity index (χ0n) is 11.8. The van der Waals surface area contributed by atoms with Gasteiger partial charge >= 0.3 is 11.8 Å². The summed E-state index contributed by atoms with van der Waals surface area (Å²) in [6.45, 7) is 1.71. The van der Waals surface area contributed by atoms with Crippen LogP contribution in [0.15, 0.2) is 42.5 Å². The van der Waals surface area contributed by atoms with Crippen molar-refractivity contribution in [1.82, 2.24) is 5.32 Å². The van der Waals surface area contributed by atoms with Crippen LogP contribution in [0.4, 0.5) is 10.1 Å². The molecule has 0 saturated carbocycles. The highest BCUT2D eigenvalue weighted by Crippen LogP contribution is 2.19. The van der Waals surface area contributed by atoms with E-state index in [9.17, 15) is 14.0 Å². The molecule has 0 atom stereocenters. The quantitative estimate of drug-likeness (QED) is 0.854. The second kappa shape index (κ2) is 7.04. The molecule has 2 N–H and O–H groups in total. The predicted molar refractivity (Wildman–Crippen MR) is 83.1 cm³/mol. The van der Waals surface area contributed by atoms with Crippen LogP contribution in [0.3, 0.4) is 0 Å². The van der Waals surface area contributed by atoms with E-state index in [0.717, 1.165) is 5.56 Å². The van der Waals surface area contributed by atoms with Crippen LogP contribution in [0, 0.1) is 12.7 Å². The number of carbonyl (C=O) groups excluding carboxylic acids is 2. The molecule has 0 radical (unpaired) electrons. The highest BCUT2D eigenvalue weighted by Gasteiger charge is 2.15. The zero-order valence-corrected chi connectivity index (χ0v) is 12.6. The highest BCUT2D eigenvalue weighted by molar-refractivity contribution is 6.39. The van der Waals surface area contributed by atoms with Gasteiger partial charge in [-0.2, -0.15) is 0 Å². The summed E-state index contributed by atoms with van der Waals surface area (Å²) < 4.78 is 13.4. The summed E-state index contributed by atoms with van der Waals surface area (Å²) in [5.74, 6) is -2.09. The smallest absolute Gasteiger partial charge is 0.313 e. The molecule has 0 heterocycles. The van der Waals surface area contributed by atoms with Gasteiger partial charge in [-0.05, 0) is 36.8 Å². The molecule has 2 amide bonds. The molecule has 0 aliphatic rings. The van der Waals surface area contributed by atoms with Gasteiger partial charge in [-0.25, -0.2) is 4.39 Å². The first-order valence-electron chi connectivity index (χ1n) is 6.56. The fourth-order valence-electron chi connectivity index (χ4n) is 1.84. The van der Waals surface area contributed by atoms with E-state index in [0.29, 0.717) is 16.3 Å². The van der Waals surface area contributed by atoms with Gasteiger partial charge in [0.1, 0.15) is 5.82 Å². The molecule has 4 nitrogen and oxygen atoms in total. The average molecular weight is 321 g/mol. The molecule has 0 bridgehead atoms. The number of benzene rings is 2. The number of anilines is 1. The number of aryl methyl sites for hydroxylation is 1. The van der Waals surface area contributed by atoms with Crippen LogP contribution in [0.1, 0.15) is 11.1 Å². The Balaban J connectivity index is 1.95. The number of hydrogen-bond acceptors (Lipinski definition) is 2. The van der Waals surface area contributed by atoms with Crippen molar-refractivity contribution in [3.05, 3.63) is 64.4 Å². The predicted octanol–water partition coefficient (Wildman–Crippen LogP) is 3.04. The Labute approximate surface area is 132 Å². The Bertz CT molecular complexity index is 719. The molecule has 114 valence electrons. The van der Waals surface area contributed by atoms with Gasteiger partial charge in [-0.3, -0.25) is 9.59 Å². The average Bonchev–Trinajstić information content (AvgIpc) is 2.49. The minimum absolute atomic E-state index is 0.0570. The first-order chi connectivity index (χ1) is 10.5. The minimum atomic E-state index is -0.836. The summed E-state index contributed by atoms with van der Waals surface area (Å²) in [5, 5.41) is 5.40. The summed E-state index contributed by atoms with van der Waals surface area (Å²) >= 11 is 5.82. The second-order valence-electron chi connectivity index (χ2n) is 4.69. The topological polar surface area (TPSA) is 58.2 Å². The van der Waals surface area contributed by atoms with E-state index in [1.165, 1.54) is 12.1 Å². The zero-order chi connectivity index (χ0) is 16.1. The number of carbonyl (C=O) groups is 2. The third-order valence-corrected chi connectivity index (χ3v) is 3.28. The van der Waals surface area contributed by atoms with Crippen LogP contribution in [-0.2, 0) is 16.1 Å². The van der Waals surface area contributed by atoms with E-state index >= 15 is 0 Å². The molecule has 22 heavy (non-hydrogen) atoms. The SMILES string of the molecule is Cc1cc(Cl)ccc1NC(=O)C(=O)NCc1ccccc1F. The maximum absolute atomic E-state index is 13.4. The molecule has 0 spiro atoms. The van der Waals surface area contributed by atoms with Crippen molar-refractivity contribution in [3.8, 4) is 0 Å².